The zero-order chi connectivity index (χ0) is 12.4. The molecule has 1 saturated carbocycles. The van der Waals surface area contributed by atoms with Crippen molar-refractivity contribution in [2.45, 2.75) is 38.0 Å². The fourth-order valence-electron chi connectivity index (χ4n) is 2.90. The molecule has 0 spiro atoms. The molecule has 1 aliphatic carbocycles. The Morgan fingerprint density at radius 3 is 2.67 bits per heavy atom. The first kappa shape index (κ1) is 12.0. The predicted molar refractivity (Wildman–Crippen MR) is 71.8 cm³/mol. The summed E-state index contributed by atoms with van der Waals surface area (Å²) in [5.41, 5.74) is 0. The van der Waals surface area contributed by atoms with Crippen LogP contribution in [0, 0.1) is 5.92 Å². The largest absolute Gasteiger partial charge is 0.340 e. The minimum absolute atomic E-state index is 0.646. The van der Waals surface area contributed by atoms with Crippen molar-refractivity contribution in [1.29, 1.82) is 0 Å². The van der Waals surface area contributed by atoms with E-state index < -0.39 is 0 Å². The van der Waals surface area contributed by atoms with Crippen LogP contribution < -0.4 is 10.2 Å². The van der Waals surface area contributed by atoms with Crippen LogP contribution in [0.25, 0.3) is 0 Å². The fraction of sp³-hybridized carbons (Fsp3) is 0.846. The van der Waals surface area contributed by atoms with Gasteiger partial charge in [-0.3, -0.25) is 5.10 Å². The van der Waals surface area contributed by atoms with Gasteiger partial charge in [0.2, 0.25) is 5.95 Å². The van der Waals surface area contributed by atoms with Gasteiger partial charge in [0, 0.05) is 19.0 Å². The fourth-order valence-corrected chi connectivity index (χ4v) is 2.90. The van der Waals surface area contributed by atoms with Crippen molar-refractivity contribution >= 4 is 5.95 Å². The van der Waals surface area contributed by atoms with Gasteiger partial charge in [-0.1, -0.05) is 6.42 Å². The maximum Gasteiger partial charge on any atom is 0.244 e. The highest BCUT2D eigenvalue weighted by molar-refractivity contribution is 5.30. The highest BCUT2D eigenvalue weighted by Crippen LogP contribution is 2.34. The summed E-state index contributed by atoms with van der Waals surface area (Å²) in [6.45, 7) is 3.32. The summed E-state index contributed by atoms with van der Waals surface area (Å²) in [5, 5.41) is 10.8. The summed E-state index contributed by atoms with van der Waals surface area (Å²) in [5.74, 6) is 3.48. The van der Waals surface area contributed by atoms with Crippen LogP contribution >= 0.6 is 0 Å². The molecule has 0 radical (unpaired) electrons. The molecule has 2 heterocycles. The molecule has 0 bridgehead atoms. The predicted octanol–water partition coefficient (Wildman–Crippen LogP) is 1.51. The van der Waals surface area contributed by atoms with Crippen LogP contribution in [-0.2, 0) is 0 Å². The molecular weight excluding hydrogens is 226 g/mol. The molecule has 5 heteroatoms. The monoisotopic (exact) mass is 249 g/mol. The summed E-state index contributed by atoms with van der Waals surface area (Å²) >= 11 is 0. The SMILES string of the molecule is CNCC1CCN(c2n[nH]c(C3CCC3)n2)CC1. The van der Waals surface area contributed by atoms with Crippen molar-refractivity contribution in [3.63, 3.8) is 0 Å². The minimum atomic E-state index is 0.646. The molecular formula is C13H23N5. The molecule has 1 aliphatic heterocycles. The molecule has 2 fully saturated rings. The maximum atomic E-state index is 4.67. The molecule has 5 nitrogen and oxygen atoms in total. The summed E-state index contributed by atoms with van der Waals surface area (Å²) in [4.78, 5) is 6.99. The lowest BCUT2D eigenvalue weighted by atomic mass is 9.85. The Labute approximate surface area is 108 Å². The van der Waals surface area contributed by atoms with E-state index in [9.17, 15) is 0 Å². The van der Waals surface area contributed by atoms with Gasteiger partial charge in [0.15, 0.2) is 0 Å². The lowest BCUT2D eigenvalue weighted by molar-refractivity contribution is 0.390. The number of aromatic nitrogens is 3. The second kappa shape index (κ2) is 5.26. The highest BCUT2D eigenvalue weighted by atomic mass is 15.4. The number of piperidine rings is 1. The van der Waals surface area contributed by atoms with Crippen molar-refractivity contribution in [1.82, 2.24) is 20.5 Å². The van der Waals surface area contributed by atoms with Crippen LogP contribution in [0.5, 0.6) is 0 Å². The zero-order valence-corrected chi connectivity index (χ0v) is 11.2. The number of nitrogens with zero attached hydrogens (tertiary/aromatic N) is 3. The van der Waals surface area contributed by atoms with Crippen LogP contribution in [-0.4, -0.2) is 41.9 Å². The third kappa shape index (κ3) is 2.36. The first-order valence-electron chi connectivity index (χ1n) is 7.18. The lowest BCUT2D eigenvalue weighted by Gasteiger charge is -2.31. The second-order valence-corrected chi connectivity index (χ2v) is 5.64. The Hall–Kier alpha value is -1.10. The van der Waals surface area contributed by atoms with Crippen LogP contribution in [0.2, 0.25) is 0 Å². The van der Waals surface area contributed by atoms with Gasteiger partial charge in [0.05, 0.1) is 0 Å². The normalized spacial score (nSPS) is 22.2. The van der Waals surface area contributed by atoms with Gasteiger partial charge in [0.25, 0.3) is 0 Å². The Kier molecular flexibility index (Phi) is 3.50. The quantitative estimate of drug-likeness (QED) is 0.849. The molecule has 3 rings (SSSR count). The summed E-state index contributed by atoms with van der Waals surface area (Å²) in [7, 11) is 2.03. The van der Waals surface area contributed by atoms with E-state index in [1.54, 1.807) is 0 Å². The number of hydrogen-bond donors (Lipinski definition) is 2. The third-order valence-electron chi connectivity index (χ3n) is 4.37. The van der Waals surface area contributed by atoms with E-state index in [0.717, 1.165) is 37.3 Å². The molecule has 1 aromatic rings. The van der Waals surface area contributed by atoms with E-state index >= 15 is 0 Å². The molecule has 0 amide bonds. The Morgan fingerprint density at radius 2 is 2.06 bits per heavy atom. The van der Waals surface area contributed by atoms with Gasteiger partial charge in [-0.15, -0.1) is 5.10 Å². The van der Waals surface area contributed by atoms with Crippen LogP contribution in [0.3, 0.4) is 0 Å². The number of nitrogens with one attached hydrogen (secondary N) is 2. The molecule has 0 aromatic carbocycles. The van der Waals surface area contributed by atoms with Crippen molar-refractivity contribution in [3.8, 4) is 0 Å². The minimum Gasteiger partial charge on any atom is -0.340 e. The first-order valence-corrected chi connectivity index (χ1v) is 7.18. The number of rotatable bonds is 4. The summed E-state index contributed by atoms with van der Waals surface area (Å²) in [6, 6.07) is 0. The Balaban J connectivity index is 1.57. The number of aromatic amines is 1. The Morgan fingerprint density at radius 1 is 1.28 bits per heavy atom. The standard InChI is InChI=1S/C13H23N5/c1-14-9-10-5-7-18(8-6-10)13-15-12(16-17-13)11-3-2-4-11/h10-11,14H,2-9H2,1H3,(H,15,16,17). The van der Waals surface area contributed by atoms with Gasteiger partial charge in [-0.2, -0.15) is 4.98 Å². The smallest absolute Gasteiger partial charge is 0.244 e. The highest BCUT2D eigenvalue weighted by Gasteiger charge is 2.25. The third-order valence-corrected chi connectivity index (χ3v) is 4.37. The number of anilines is 1. The van der Waals surface area contributed by atoms with E-state index in [2.05, 4.69) is 25.4 Å². The zero-order valence-electron chi connectivity index (χ0n) is 11.2. The number of H-pyrrole nitrogens is 1. The number of hydrogen-bond acceptors (Lipinski definition) is 4. The van der Waals surface area contributed by atoms with Gasteiger partial charge in [-0.05, 0) is 45.2 Å². The molecule has 2 aliphatic rings. The molecule has 0 unspecified atom stereocenters. The maximum absolute atomic E-state index is 4.67. The van der Waals surface area contributed by atoms with Gasteiger partial charge >= 0.3 is 0 Å². The molecule has 0 atom stereocenters. The topological polar surface area (TPSA) is 56.8 Å². The summed E-state index contributed by atoms with van der Waals surface area (Å²) < 4.78 is 0. The van der Waals surface area contributed by atoms with Gasteiger partial charge in [0.1, 0.15) is 5.82 Å². The average Bonchev–Trinajstić information content (AvgIpc) is 2.77. The first-order chi connectivity index (χ1) is 8.86. The van der Waals surface area contributed by atoms with E-state index in [1.165, 1.54) is 32.1 Å². The van der Waals surface area contributed by atoms with Crippen molar-refractivity contribution in [2.75, 3.05) is 31.6 Å². The molecule has 100 valence electrons. The van der Waals surface area contributed by atoms with Crippen molar-refractivity contribution in [2.24, 2.45) is 5.92 Å². The van der Waals surface area contributed by atoms with Crippen molar-refractivity contribution in [3.05, 3.63) is 5.82 Å². The summed E-state index contributed by atoms with van der Waals surface area (Å²) in [6.07, 6.45) is 6.39. The van der Waals surface area contributed by atoms with E-state index in [4.69, 9.17) is 0 Å². The molecule has 18 heavy (non-hydrogen) atoms. The van der Waals surface area contributed by atoms with E-state index in [-0.39, 0.29) is 0 Å². The van der Waals surface area contributed by atoms with Gasteiger partial charge in [-0.25, -0.2) is 0 Å². The van der Waals surface area contributed by atoms with Gasteiger partial charge < -0.3 is 10.2 Å². The van der Waals surface area contributed by atoms with Crippen LogP contribution in [0.15, 0.2) is 0 Å². The van der Waals surface area contributed by atoms with Crippen LogP contribution in [0.4, 0.5) is 5.95 Å². The molecule has 2 N–H and O–H groups in total. The molecule has 1 saturated heterocycles. The lowest BCUT2D eigenvalue weighted by Crippen LogP contribution is -2.37. The second-order valence-electron chi connectivity index (χ2n) is 5.64. The Bertz CT molecular complexity index is 376. The average molecular weight is 249 g/mol. The van der Waals surface area contributed by atoms with E-state index in [1.807, 2.05) is 7.05 Å². The van der Waals surface area contributed by atoms with Crippen molar-refractivity contribution < 1.29 is 0 Å². The van der Waals surface area contributed by atoms with E-state index in [0.29, 0.717) is 5.92 Å². The molecule has 1 aromatic heterocycles. The van der Waals surface area contributed by atoms with Crippen LogP contribution in [0.1, 0.15) is 43.8 Å².